The van der Waals surface area contributed by atoms with Crippen LogP contribution in [0.4, 0.5) is 18.9 Å². The van der Waals surface area contributed by atoms with Crippen molar-refractivity contribution in [1.82, 2.24) is 14.8 Å². The highest BCUT2D eigenvalue weighted by molar-refractivity contribution is 5.57. The quantitative estimate of drug-likeness (QED) is 0.553. The second-order valence-corrected chi connectivity index (χ2v) is 8.65. The molecule has 0 radical (unpaired) electrons. The molecule has 2 aromatic carbocycles. The average molecular weight is 486 g/mol. The topological polar surface area (TPSA) is 59.8 Å². The number of hydrogen-bond donors (Lipinski definition) is 0. The zero-order valence-corrected chi connectivity index (χ0v) is 19.2. The molecule has 2 unspecified atom stereocenters. The Morgan fingerprint density at radius 2 is 1.63 bits per heavy atom. The van der Waals surface area contributed by atoms with E-state index in [1.165, 1.54) is 6.20 Å². The van der Waals surface area contributed by atoms with E-state index in [0.717, 1.165) is 27.9 Å². The van der Waals surface area contributed by atoms with E-state index in [0.29, 0.717) is 44.4 Å². The lowest BCUT2D eigenvalue weighted by atomic mass is 9.88. The molecule has 184 valence electrons. The molecule has 10 heteroatoms. The molecular formula is C25H25F3N4O3. The third kappa shape index (κ3) is 4.76. The fourth-order valence-electron chi connectivity index (χ4n) is 4.63. The van der Waals surface area contributed by atoms with Crippen molar-refractivity contribution in [3.63, 3.8) is 0 Å². The minimum Gasteiger partial charge on any atom is -0.479 e. The smallest absolute Gasteiger partial charge is 0.316 e. The number of hydroxylamine groups is 2. The Labute approximate surface area is 200 Å². The molecule has 1 saturated heterocycles. The third-order valence-electron chi connectivity index (χ3n) is 6.47. The molecule has 1 aromatic heterocycles. The first kappa shape index (κ1) is 23.4. The second kappa shape index (κ2) is 9.71. The Morgan fingerprint density at radius 1 is 0.971 bits per heavy atom. The van der Waals surface area contributed by atoms with E-state index >= 15 is 4.39 Å². The van der Waals surface area contributed by atoms with Gasteiger partial charge < -0.3 is 14.5 Å². The maximum atomic E-state index is 15.2. The number of halogens is 3. The highest BCUT2D eigenvalue weighted by Gasteiger charge is 2.33. The number of nitrogens with zero attached hydrogens (tertiary/aromatic N) is 4. The van der Waals surface area contributed by atoms with Crippen LogP contribution in [-0.2, 0) is 17.7 Å². The summed E-state index contributed by atoms with van der Waals surface area (Å²) in [5.41, 5.74) is 1.48. The third-order valence-corrected chi connectivity index (χ3v) is 6.47. The summed E-state index contributed by atoms with van der Waals surface area (Å²) in [6.07, 6.45) is -0.319. The summed E-state index contributed by atoms with van der Waals surface area (Å²) in [5.74, 6) is -1.78. The van der Waals surface area contributed by atoms with Crippen molar-refractivity contribution in [2.75, 3.05) is 38.2 Å². The van der Waals surface area contributed by atoms with Gasteiger partial charge in [0.15, 0.2) is 0 Å². The molecule has 0 bridgehead atoms. The maximum absolute atomic E-state index is 15.2. The minimum atomic E-state index is -1.32. The normalized spacial score (nSPS) is 20.5. The first-order valence-corrected chi connectivity index (χ1v) is 11.4. The molecule has 1 aliphatic heterocycles. The van der Waals surface area contributed by atoms with E-state index in [1.54, 1.807) is 12.2 Å². The van der Waals surface area contributed by atoms with Gasteiger partial charge in [0.25, 0.3) is 0 Å². The summed E-state index contributed by atoms with van der Waals surface area (Å²) >= 11 is 0. The first-order valence-electron chi connectivity index (χ1n) is 11.4. The number of ether oxygens (including phenoxy) is 1. The lowest BCUT2D eigenvalue weighted by Gasteiger charge is -2.36. The van der Waals surface area contributed by atoms with Gasteiger partial charge in [0.05, 0.1) is 19.0 Å². The van der Waals surface area contributed by atoms with Crippen molar-refractivity contribution in [1.29, 1.82) is 0 Å². The zero-order chi connectivity index (χ0) is 24.5. The molecule has 0 N–H and O–H groups in total. The SMILES string of the molecule is CON1CCN(c2cnn(-c3cc(F)cc(F)c3)c(=O)c2OC2Cc3ccccc3CC2F)CC1. The van der Waals surface area contributed by atoms with E-state index in [-0.39, 0.29) is 17.9 Å². The number of alkyl halides is 1. The van der Waals surface area contributed by atoms with Crippen LogP contribution in [-0.4, -0.2) is 60.4 Å². The molecule has 2 aliphatic rings. The Balaban J connectivity index is 1.54. The number of hydrogen-bond acceptors (Lipinski definition) is 6. The standard InChI is InChI=1S/C25H25F3N4O3/c1-34-31-8-6-30(7-9-31)22-15-29-32(20-13-18(26)12-19(27)14-20)25(33)24(22)35-23-11-17-5-3-2-4-16(17)10-21(23)28/h2-5,12-15,21,23H,6-11H2,1H3. The van der Waals surface area contributed by atoms with E-state index in [9.17, 15) is 13.6 Å². The number of piperazine rings is 1. The Bertz CT molecular complexity index is 1260. The van der Waals surface area contributed by atoms with E-state index in [4.69, 9.17) is 9.57 Å². The number of fused-ring (bicyclic) bond motifs is 1. The van der Waals surface area contributed by atoms with Gasteiger partial charge >= 0.3 is 5.56 Å². The predicted octanol–water partition coefficient (Wildman–Crippen LogP) is 3.08. The second-order valence-electron chi connectivity index (χ2n) is 8.65. The zero-order valence-electron chi connectivity index (χ0n) is 19.2. The monoisotopic (exact) mass is 486 g/mol. The molecule has 2 heterocycles. The molecule has 0 amide bonds. The molecule has 7 nitrogen and oxygen atoms in total. The van der Waals surface area contributed by atoms with Crippen molar-refractivity contribution in [3.05, 3.63) is 81.8 Å². The van der Waals surface area contributed by atoms with Crippen molar-refractivity contribution >= 4 is 5.69 Å². The molecule has 1 aliphatic carbocycles. The van der Waals surface area contributed by atoms with Crippen molar-refractivity contribution in [3.8, 4) is 11.4 Å². The fourth-order valence-corrected chi connectivity index (χ4v) is 4.63. The number of benzene rings is 2. The molecule has 35 heavy (non-hydrogen) atoms. The van der Waals surface area contributed by atoms with E-state index in [1.807, 2.05) is 29.2 Å². The summed E-state index contributed by atoms with van der Waals surface area (Å²) < 4.78 is 49.9. The van der Waals surface area contributed by atoms with Crippen LogP contribution >= 0.6 is 0 Å². The van der Waals surface area contributed by atoms with Gasteiger partial charge in [-0.05, 0) is 23.3 Å². The summed E-state index contributed by atoms with van der Waals surface area (Å²) in [7, 11) is 1.59. The molecule has 2 atom stereocenters. The van der Waals surface area contributed by atoms with E-state index < -0.39 is 29.5 Å². The van der Waals surface area contributed by atoms with Gasteiger partial charge in [-0.1, -0.05) is 24.3 Å². The van der Waals surface area contributed by atoms with Crippen LogP contribution in [0.15, 0.2) is 53.5 Å². The van der Waals surface area contributed by atoms with Crippen LogP contribution in [0.1, 0.15) is 11.1 Å². The Hall–Kier alpha value is -3.37. The van der Waals surface area contributed by atoms with Gasteiger partial charge in [0.1, 0.15) is 29.6 Å². The van der Waals surface area contributed by atoms with Crippen molar-refractivity contribution in [2.24, 2.45) is 0 Å². The highest BCUT2D eigenvalue weighted by Crippen LogP contribution is 2.31. The van der Waals surface area contributed by atoms with Crippen LogP contribution in [0.25, 0.3) is 5.69 Å². The molecular weight excluding hydrogens is 461 g/mol. The van der Waals surface area contributed by atoms with Crippen LogP contribution < -0.4 is 15.2 Å². The number of anilines is 1. The molecule has 5 rings (SSSR count). The largest absolute Gasteiger partial charge is 0.479 e. The summed E-state index contributed by atoms with van der Waals surface area (Å²) in [6.45, 7) is 2.21. The number of rotatable bonds is 5. The summed E-state index contributed by atoms with van der Waals surface area (Å²) in [4.78, 5) is 20.7. The van der Waals surface area contributed by atoms with Gasteiger partial charge in [0.2, 0.25) is 5.75 Å². The predicted molar refractivity (Wildman–Crippen MR) is 124 cm³/mol. The average Bonchev–Trinajstić information content (AvgIpc) is 2.85. The van der Waals surface area contributed by atoms with Gasteiger partial charge in [-0.25, -0.2) is 13.2 Å². The minimum absolute atomic E-state index is 0.0844. The molecule has 0 saturated carbocycles. The molecule has 1 fully saturated rings. The van der Waals surface area contributed by atoms with Crippen LogP contribution in [0.2, 0.25) is 0 Å². The highest BCUT2D eigenvalue weighted by atomic mass is 19.1. The summed E-state index contributed by atoms with van der Waals surface area (Å²) in [6, 6.07) is 10.3. The molecule has 3 aromatic rings. The van der Waals surface area contributed by atoms with Gasteiger partial charge in [-0.15, -0.1) is 0 Å². The lowest BCUT2D eigenvalue weighted by molar-refractivity contribution is -0.133. The van der Waals surface area contributed by atoms with E-state index in [2.05, 4.69) is 5.10 Å². The Morgan fingerprint density at radius 3 is 2.29 bits per heavy atom. The van der Waals surface area contributed by atoms with Gasteiger partial charge in [0, 0.05) is 45.1 Å². The van der Waals surface area contributed by atoms with Gasteiger partial charge in [-0.3, -0.25) is 4.79 Å². The lowest BCUT2D eigenvalue weighted by Crippen LogP contribution is -2.47. The van der Waals surface area contributed by atoms with Crippen molar-refractivity contribution in [2.45, 2.75) is 25.1 Å². The maximum Gasteiger partial charge on any atom is 0.316 e. The Kier molecular flexibility index (Phi) is 6.48. The van der Waals surface area contributed by atoms with Gasteiger partial charge in [-0.2, -0.15) is 14.8 Å². The number of aromatic nitrogens is 2. The van der Waals surface area contributed by atoms with Crippen molar-refractivity contribution < 1.29 is 22.7 Å². The molecule has 0 spiro atoms. The van der Waals surface area contributed by atoms with Crippen LogP contribution in [0.3, 0.4) is 0 Å². The first-order chi connectivity index (χ1) is 16.9. The van der Waals surface area contributed by atoms with Crippen LogP contribution in [0.5, 0.6) is 5.75 Å². The van der Waals surface area contributed by atoms with Crippen LogP contribution in [0, 0.1) is 11.6 Å². The fraction of sp³-hybridized carbons (Fsp3) is 0.360. The summed E-state index contributed by atoms with van der Waals surface area (Å²) in [5, 5.41) is 5.95.